The summed E-state index contributed by atoms with van der Waals surface area (Å²) in [6.45, 7) is 5.13. The van der Waals surface area contributed by atoms with Gasteiger partial charge in [0.1, 0.15) is 6.04 Å². The standard InChI is InChI=1S/C10H17N5O2/c11-7(6-16)10-12-9(13-17-10)8-5-14-1-3-15(8)4-2-14/h7-8,16H,1-6,11H2/t7-,8?/m1/s1. The van der Waals surface area contributed by atoms with Crippen LogP contribution in [0.5, 0.6) is 0 Å². The van der Waals surface area contributed by atoms with Gasteiger partial charge in [-0.15, -0.1) is 0 Å². The number of nitrogens with two attached hydrogens (primary N) is 1. The van der Waals surface area contributed by atoms with E-state index in [0.717, 1.165) is 32.7 Å². The van der Waals surface area contributed by atoms with Crippen LogP contribution < -0.4 is 5.73 Å². The summed E-state index contributed by atoms with van der Waals surface area (Å²) in [5.74, 6) is 1.01. The molecule has 2 atom stereocenters. The molecule has 1 aromatic heterocycles. The van der Waals surface area contributed by atoms with Crippen LogP contribution in [-0.2, 0) is 0 Å². The second-order valence-electron chi connectivity index (χ2n) is 4.63. The first-order valence-corrected chi connectivity index (χ1v) is 5.94. The van der Waals surface area contributed by atoms with Crippen molar-refractivity contribution in [2.45, 2.75) is 12.1 Å². The maximum absolute atomic E-state index is 8.94. The number of nitrogens with zero attached hydrogens (tertiary/aromatic N) is 4. The summed E-state index contributed by atoms with van der Waals surface area (Å²) in [7, 11) is 0. The van der Waals surface area contributed by atoms with Gasteiger partial charge in [-0.25, -0.2) is 0 Å². The molecule has 4 heterocycles. The molecule has 3 fully saturated rings. The van der Waals surface area contributed by atoms with Crippen molar-refractivity contribution in [2.24, 2.45) is 5.73 Å². The van der Waals surface area contributed by atoms with Gasteiger partial charge in [-0.2, -0.15) is 4.98 Å². The molecule has 0 amide bonds. The minimum Gasteiger partial charge on any atom is -0.394 e. The number of hydrogen-bond acceptors (Lipinski definition) is 7. The van der Waals surface area contributed by atoms with Gasteiger partial charge in [-0.3, -0.25) is 9.80 Å². The lowest BCUT2D eigenvalue weighted by molar-refractivity contribution is 0.00781. The van der Waals surface area contributed by atoms with E-state index in [9.17, 15) is 0 Å². The van der Waals surface area contributed by atoms with Crippen LogP contribution in [0.15, 0.2) is 4.52 Å². The molecule has 3 aliphatic rings. The van der Waals surface area contributed by atoms with Crippen LogP contribution in [0, 0.1) is 0 Å². The summed E-state index contributed by atoms with van der Waals surface area (Å²) >= 11 is 0. The third-order valence-corrected chi connectivity index (χ3v) is 3.55. The van der Waals surface area contributed by atoms with Crippen molar-refractivity contribution >= 4 is 0 Å². The van der Waals surface area contributed by atoms with Crippen molar-refractivity contribution < 1.29 is 9.63 Å². The van der Waals surface area contributed by atoms with Crippen molar-refractivity contribution in [3.05, 3.63) is 11.7 Å². The van der Waals surface area contributed by atoms with E-state index in [4.69, 9.17) is 15.4 Å². The average molecular weight is 239 g/mol. The SMILES string of the molecule is N[C@H](CO)c1nc(C2CN3CCN2CC3)no1. The largest absolute Gasteiger partial charge is 0.394 e. The van der Waals surface area contributed by atoms with E-state index in [1.165, 1.54) is 0 Å². The molecule has 2 bridgehead atoms. The molecule has 1 unspecified atom stereocenters. The van der Waals surface area contributed by atoms with Gasteiger partial charge in [0.2, 0.25) is 5.89 Å². The van der Waals surface area contributed by atoms with Crippen LogP contribution >= 0.6 is 0 Å². The van der Waals surface area contributed by atoms with Crippen molar-refractivity contribution in [1.29, 1.82) is 0 Å². The Morgan fingerprint density at radius 2 is 2.18 bits per heavy atom. The first-order chi connectivity index (χ1) is 8.28. The number of aliphatic hydroxyl groups excluding tert-OH is 1. The van der Waals surface area contributed by atoms with E-state index in [1.54, 1.807) is 0 Å². The number of piperazine rings is 3. The zero-order valence-corrected chi connectivity index (χ0v) is 9.62. The fraction of sp³-hybridized carbons (Fsp3) is 0.800. The van der Waals surface area contributed by atoms with Crippen molar-refractivity contribution in [3.8, 4) is 0 Å². The van der Waals surface area contributed by atoms with Crippen molar-refractivity contribution in [3.63, 3.8) is 0 Å². The highest BCUT2D eigenvalue weighted by Crippen LogP contribution is 2.27. The smallest absolute Gasteiger partial charge is 0.245 e. The molecule has 3 aliphatic heterocycles. The lowest BCUT2D eigenvalue weighted by atomic mass is 10.1. The lowest BCUT2D eigenvalue weighted by Crippen LogP contribution is -2.57. The molecule has 0 aromatic carbocycles. The summed E-state index contributed by atoms with van der Waals surface area (Å²) in [5.41, 5.74) is 5.64. The molecule has 0 spiro atoms. The fourth-order valence-electron chi connectivity index (χ4n) is 2.47. The Balaban J connectivity index is 1.78. The monoisotopic (exact) mass is 239 g/mol. The molecule has 0 saturated carbocycles. The van der Waals surface area contributed by atoms with Crippen LogP contribution in [0.4, 0.5) is 0 Å². The third-order valence-electron chi connectivity index (χ3n) is 3.55. The highest BCUT2D eigenvalue weighted by Gasteiger charge is 2.35. The summed E-state index contributed by atoms with van der Waals surface area (Å²) in [6, 6.07) is -0.367. The van der Waals surface area contributed by atoms with Gasteiger partial charge >= 0.3 is 0 Å². The van der Waals surface area contributed by atoms with Gasteiger partial charge in [0.05, 0.1) is 12.6 Å². The van der Waals surface area contributed by atoms with Gasteiger partial charge in [0.15, 0.2) is 5.82 Å². The molecule has 3 saturated heterocycles. The van der Waals surface area contributed by atoms with Gasteiger partial charge in [-0.05, 0) is 0 Å². The number of hydrogen-bond donors (Lipinski definition) is 2. The Hall–Kier alpha value is -1.02. The Bertz CT molecular complexity index is 388. The summed E-state index contributed by atoms with van der Waals surface area (Å²) in [5, 5.41) is 12.9. The van der Waals surface area contributed by atoms with Crippen molar-refractivity contribution in [1.82, 2.24) is 19.9 Å². The van der Waals surface area contributed by atoms with Gasteiger partial charge in [-0.1, -0.05) is 5.16 Å². The van der Waals surface area contributed by atoms with E-state index in [-0.39, 0.29) is 12.6 Å². The molecule has 7 heteroatoms. The van der Waals surface area contributed by atoms with E-state index < -0.39 is 6.04 Å². The molecule has 0 aliphatic carbocycles. The summed E-state index contributed by atoms with van der Waals surface area (Å²) in [4.78, 5) is 9.08. The molecule has 3 N–H and O–H groups in total. The van der Waals surface area contributed by atoms with E-state index in [0.29, 0.717) is 11.7 Å². The Kier molecular flexibility index (Phi) is 2.83. The highest BCUT2D eigenvalue weighted by atomic mass is 16.5. The van der Waals surface area contributed by atoms with E-state index >= 15 is 0 Å². The zero-order chi connectivity index (χ0) is 11.8. The number of aromatic nitrogens is 2. The first-order valence-electron chi connectivity index (χ1n) is 5.94. The molecule has 94 valence electrons. The minimum absolute atomic E-state index is 0.178. The summed E-state index contributed by atoms with van der Waals surface area (Å²) in [6.07, 6.45) is 0. The Morgan fingerprint density at radius 3 is 2.76 bits per heavy atom. The zero-order valence-electron chi connectivity index (χ0n) is 9.62. The molecule has 1 aromatic rings. The normalized spacial score (nSPS) is 33.9. The van der Waals surface area contributed by atoms with Crippen molar-refractivity contribution in [2.75, 3.05) is 39.3 Å². The molecular formula is C10H17N5O2. The molecular weight excluding hydrogens is 222 g/mol. The second-order valence-corrected chi connectivity index (χ2v) is 4.63. The molecule has 7 nitrogen and oxygen atoms in total. The predicted molar refractivity (Wildman–Crippen MR) is 59.1 cm³/mol. The number of aliphatic hydroxyl groups is 1. The summed E-state index contributed by atoms with van der Waals surface area (Å²) < 4.78 is 5.09. The van der Waals surface area contributed by atoms with E-state index in [2.05, 4.69) is 19.9 Å². The van der Waals surface area contributed by atoms with Crippen LogP contribution in [0.2, 0.25) is 0 Å². The second kappa shape index (κ2) is 4.34. The third kappa shape index (κ3) is 1.95. The first kappa shape index (κ1) is 11.1. The highest BCUT2D eigenvalue weighted by molar-refractivity contribution is 5.02. The Labute approximate surface area is 99.2 Å². The van der Waals surface area contributed by atoms with Gasteiger partial charge in [0.25, 0.3) is 0 Å². The quantitative estimate of drug-likeness (QED) is 0.679. The predicted octanol–water partition coefficient (Wildman–Crippen LogP) is -1.27. The lowest BCUT2D eigenvalue weighted by Gasteiger charge is -2.46. The van der Waals surface area contributed by atoms with Crippen LogP contribution in [0.25, 0.3) is 0 Å². The fourth-order valence-corrected chi connectivity index (χ4v) is 2.47. The number of fused-ring (bicyclic) bond motifs is 3. The topological polar surface area (TPSA) is 91.7 Å². The molecule has 4 rings (SSSR count). The molecule has 17 heavy (non-hydrogen) atoms. The Morgan fingerprint density at radius 1 is 1.41 bits per heavy atom. The average Bonchev–Trinajstić information content (AvgIpc) is 2.88. The van der Waals surface area contributed by atoms with Gasteiger partial charge in [0, 0.05) is 32.7 Å². The maximum atomic E-state index is 8.94. The van der Waals surface area contributed by atoms with E-state index in [1.807, 2.05) is 0 Å². The van der Waals surface area contributed by atoms with Crippen LogP contribution in [-0.4, -0.2) is 64.4 Å². The van der Waals surface area contributed by atoms with Crippen LogP contribution in [0.3, 0.4) is 0 Å². The van der Waals surface area contributed by atoms with Crippen LogP contribution in [0.1, 0.15) is 23.8 Å². The van der Waals surface area contributed by atoms with Gasteiger partial charge < -0.3 is 15.4 Å². The molecule has 0 radical (unpaired) electrons. The number of rotatable bonds is 3. The minimum atomic E-state index is -0.577. The maximum Gasteiger partial charge on any atom is 0.245 e.